The highest BCUT2D eigenvalue weighted by Gasteiger charge is 2.26. The molecule has 1 aromatic heterocycles. The lowest BCUT2D eigenvalue weighted by Crippen LogP contribution is -2.21. The molecule has 5 nitrogen and oxygen atoms in total. The van der Waals surface area contributed by atoms with E-state index in [4.69, 9.17) is 15.4 Å². The lowest BCUT2D eigenvalue weighted by Gasteiger charge is -2.15. The summed E-state index contributed by atoms with van der Waals surface area (Å²) in [6, 6.07) is -0.390. The van der Waals surface area contributed by atoms with Crippen molar-refractivity contribution in [2.45, 2.75) is 33.2 Å². The van der Waals surface area contributed by atoms with Gasteiger partial charge in [0.15, 0.2) is 0 Å². The van der Waals surface area contributed by atoms with Crippen LogP contribution < -0.4 is 5.73 Å². The lowest BCUT2D eigenvalue weighted by atomic mass is 9.94. The number of nitrogens with two attached hydrogens (primary N) is 1. The predicted octanol–water partition coefficient (Wildman–Crippen LogP) is 1.73. The molecular formula is C10H16N2O3. The van der Waals surface area contributed by atoms with E-state index in [1.165, 1.54) is 0 Å². The molecule has 0 bridgehead atoms. The minimum absolute atomic E-state index is 0.0998. The summed E-state index contributed by atoms with van der Waals surface area (Å²) in [5, 5.41) is 12.7. The highest BCUT2D eigenvalue weighted by atomic mass is 16.5. The summed E-state index contributed by atoms with van der Waals surface area (Å²) < 4.78 is 4.86. The molecule has 5 heteroatoms. The van der Waals surface area contributed by atoms with Crippen LogP contribution in [0.2, 0.25) is 0 Å². The van der Waals surface area contributed by atoms with Crippen LogP contribution in [0.3, 0.4) is 0 Å². The average molecular weight is 212 g/mol. The van der Waals surface area contributed by atoms with Crippen LogP contribution in [0.25, 0.3) is 0 Å². The third kappa shape index (κ3) is 2.18. The number of carbonyl (C=O) groups is 1. The molecule has 2 atom stereocenters. The highest BCUT2D eigenvalue weighted by Crippen LogP contribution is 2.25. The van der Waals surface area contributed by atoms with Crippen molar-refractivity contribution >= 4 is 5.97 Å². The number of rotatable bonds is 4. The van der Waals surface area contributed by atoms with Gasteiger partial charge in [-0.25, -0.2) is 4.79 Å². The lowest BCUT2D eigenvalue weighted by molar-refractivity contribution is 0.0693. The van der Waals surface area contributed by atoms with Gasteiger partial charge in [0.05, 0.1) is 6.04 Å². The molecule has 0 aromatic carbocycles. The largest absolute Gasteiger partial charge is 0.477 e. The van der Waals surface area contributed by atoms with Gasteiger partial charge in [-0.15, -0.1) is 0 Å². The molecular weight excluding hydrogens is 196 g/mol. The van der Waals surface area contributed by atoms with Gasteiger partial charge in [0.25, 0.3) is 0 Å². The summed E-state index contributed by atoms with van der Waals surface area (Å²) in [6.45, 7) is 5.53. The second-order valence-electron chi connectivity index (χ2n) is 3.72. The molecule has 84 valence electrons. The van der Waals surface area contributed by atoms with Crippen LogP contribution in [0, 0.1) is 12.8 Å². The maximum absolute atomic E-state index is 11.0. The number of hydrogen-bond acceptors (Lipinski definition) is 4. The minimum Gasteiger partial charge on any atom is -0.477 e. The fourth-order valence-corrected chi connectivity index (χ4v) is 1.40. The molecule has 3 N–H and O–H groups in total. The normalized spacial score (nSPS) is 14.9. The molecule has 0 unspecified atom stereocenters. The van der Waals surface area contributed by atoms with Crippen LogP contribution in [0.5, 0.6) is 0 Å². The number of aromatic nitrogens is 1. The van der Waals surface area contributed by atoms with E-state index in [-0.39, 0.29) is 11.5 Å². The van der Waals surface area contributed by atoms with E-state index in [0.717, 1.165) is 6.42 Å². The Kier molecular flexibility index (Phi) is 3.47. The first kappa shape index (κ1) is 11.7. The second-order valence-corrected chi connectivity index (χ2v) is 3.72. The van der Waals surface area contributed by atoms with Crippen LogP contribution in [0.15, 0.2) is 4.52 Å². The molecule has 1 rings (SSSR count). The molecule has 0 aliphatic carbocycles. The Bertz CT molecular complexity index is 360. The molecule has 15 heavy (non-hydrogen) atoms. The molecule has 0 amide bonds. The van der Waals surface area contributed by atoms with E-state index in [2.05, 4.69) is 5.16 Å². The first-order chi connectivity index (χ1) is 6.99. The first-order valence-electron chi connectivity index (χ1n) is 4.94. The standard InChI is InChI=1S/C10H16N2O3/c1-4-5(2)8(11)9-7(10(13)14)6(3)15-12-9/h5,8H,4,11H2,1-3H3,(H,13,14)/t5-,8-/m0/s1. The molecule has 0 aliphatic rings. The topological polar surface area (TPSA) is 89.4 Å². The fourth-order valence-electron chi connectivity index (χ4n) is 1.40. The molecule has 0 aliphatic heterocycles. The summed E-state index contributed by atoms with van der Waals surface area (Å²) >= 11 is 0. The van der Waals surface area contributed by atoms with Gasteiger partial charge >= 0.3 is 5.97 Å². The van der Waals surface area contributed by atoms with Crippen LogP contribution in [0.1, 0.15) is 48.1 Å². The van der Waals surface area contributed by atoms with Crippen molar-refractivity contribution in [2.75, 3.05) is 0 Å². The van der Waals surface area contributed by atoms with Crippen LogP contribution in [-0.4, -0.2) is 16.2 Å². The van der Waals surface area contributed by atoms with Gasteiger partial charge in [-0.3, -0.25) is 0 Å². The maximum atomic E-state index is 11.0. The van der Waals surface area contributed by atoms with E-state index in [9.17, 15) is 4.79 Å². The Hall–Kier alpha value is -1.36. The van der Waals surface area contributed by atoms with Crippen molar-refractivity contribution < 1.29 is 14.4 Å². The van der Waals surface area contributed by atoms with Crippen molar-refractivity contribution in [2.24, 2.45) is 11.7 Å². The Morgan fingerprint density at radius 1 is 1.67 bits per heavy atom. The quantitative estimate of drug-likeness (QED) is 0.793. The molecule has 0 saturated heterocycles. The molecule has 1 heterocycles. The molecule has 0 saturated carbocycles. The summed E-state index contributed by atoms with van der Waals surface area (Å²) in [5.74, 6) is -0.564. The summed E-state index contributed by atoms with van der Waals surface area (Å²) in [4.78, 5) is 11.0. The van der Waals surface area contributed by atoms with E-state index >= 15 is 0 Å². The zero-order chi connectivity index (χ0) is 11.6. The maximum Gasteiger partial charge on any atom is 0.341 e. The minimum atomic E-state index is -1.04. The van der Waals surface area contributed by atoms with Gasteiger partial charge in [0.2, 0.25) is 0 Å². The second kappa shape index (κ2) is 4.44. The van der Waals surface area contributed by atoms with Gasteiger partial charge in [-0.2, -0.15) is 0 Å². The zero-order valence-corrected chi connectivity index (χ0v) is 9.15. The van der Waals surface area contributed by atoms with Crippen molar-refractivity contribution in [3.63, 3.8) is 0 Å². The number of aromatic carboxylic acids is 1. The third-order valence-corrected chi connectivity index (χ3v) is 2.68. The SMILES string of the molecule is CC[C@H](C)[C@H](N)c1noc(C)c1C(=O)O. The molecule has 0 fully saturated rings. The summed E-state index contributed by atoms with van der Waals surface area (Å²) in [5.41, 5.74) is 6.36. The number of carboxylic acid groups (broad SMARTS) is 1. The van der Waals surface area contributed by atoms with Gasteiger partial charge in [-0.05, 0) is 12.8 Å². The number of nitrogens with zero attached hydrogens (tertiary/aromatic N) is 1. The number of hydrogen-bond donors (Lipinski definition) is 2. The van der Waals surface area contributed by atoms with Gasteiger partial charge in [-0.1, -0.05) is 25.4 Å². The van der Waals surface area contributed by atoms with Gasteiger partial charge in [0, 0.05) is 0 Å². The predicted molar refractivity (Wildman–Crippen MR) is 54.6 cm³/mol. The Balaban J connectivity index is 3.09. The smallest absolute Gasteiger partial charge is 0.341 e. The van der Waals surface area contributed by atoms with E-state index < -0.39 is 12.0 Å². The average Bonchev–Trinajstić information content (AvgIpc) is 2.57. The highest BCUT2D eigenvalue weighted by molar-refractivity contribution is 5.90. The molecule has 1 aromatic rings. The third-order valence-electron chi connectivity index (χ3n) is 2.68. The van der Waals surface area contributed by atoms with Crippen molar-refractivity contribution in [1.82, 2.24) is 5.16 Å². The fraction of sp³-hybridized carbons (Fsp3) is 0.600. The van der Waals surface area contributed by atoms with Crippen LogP contribution in [-0.2, 0) is 0 Å². The summed E-state index contributed by atoms with van der Waals surface area (Å²) in [6.07, 6.45) is 0.867. The zero-order valence-electron chi connectivity index (χ0n) is 9.15. The van der Waals surface area contributed by atoms with Crippen LogP contribution in [0.4, 0.5) is 0 Å². The van der Waals surface area contributed by atoms with E-state index in [1.54, 1.807) is 6.92 Å². The van der Waals surface area contributed by atoms with Crippen molar-refractivity contribution in [3.05, 3.63) is 17.0 Å². The number of aryl methyl sites for hydroxylation is 1. The Labute approximate surface area is 88.2 Å². The van der Waals surface area contributed by atoms with Crippen molar-refractivity contribution in [3.8, 4) is 0 Å². The Morgan fingerprint density at radius 2 is 2.27 bits per heavy atom. The van der Waals surface area contributed by atoms with Gasteiger partial charge in [0.1, 0.15) is 17.0 Å². The van der Waals surface area contributed by atoms with Crippen molar-refractivity contribution in [1.29, 1.82) is 0 Å². The first-order valence-corrected chi connectivity index (χ1v) is 4.94. The molecule has 0 radical (unpaired) electrons. The molecule has 0 spiro atoms. The van der Waals surface area contributed by atoms with Crippen LogP contribution >= 0.6 is 0 Å². The summed E-state index contributed by atoms with van der Waals surface area (Å²) in [7, 11) is 0. The van der Waals surface area contributed by atoms with E-state index in [0.29, 0.717) is 11.5 Å². The van der Waals surface area contributed by atoms with Gasteiger partial charge < -0.3 is 15.4 Å². The Morgan fingerprint density at radius 3 is 2.73 bits per heavy atom. The number of carboxylic acids is 1. The monoisotopic (exact) mass is 212 g/mol. The van der Waals surface area contributed by atoms with E-state index in [1.807, 2.05) is 13.8 Å².